The van der Waals surface area contributed by atoms with E-state index in [1.54, 1.807) is 12.1 Å². The number of nitrogens with one attached hydrogen (secondary N) is 2. The molecule has 0 aliphatic heterocycles. The van der Waals surface area contributed by atoms with Gasteiger partial charge < -0.3 is 19.8 Å². The molecule has 7 heteroatoms. The smallest absolute Gasteiger partial charge is 0.272 e. The number of carbonyl (C=O) groups is 1. The summed E-state index contributed by atoms with van der Waals surface area (Å²) in [7, 11) is 2.88. The van der Waals surface area contributed by atoms with Crippen molar-refractivity contribution >= 4 is 11.6 Å². The van der Waals surface area contributed by atoms with Gasteiger partial charge in [0, 0.05) is 18.3 Å². The van der Waals surface area contributed by atoms with Crippen LogP contribution in [0.1, 0.15) is 10.5 Å². The van der Waals surface area contributed by atoms with Gasteiger partial charge in [-0.3, -0.25) is 9.59 Å². The molecule has 2 N–H and O–H groups in total. The zero-order valence-corrected chi connectivity index (χ0v) is 11.0. The van der Waals surface area contributed by atoms with Crippen LogP contribution in [0.15, 0.2) is 35.4 Å². The van der Waals surface area contributed by atoms with Crippen molar-refractivity contribution in [3.05, 3.63) is 46.5 Å². The molecule has 2 heterocycles. The predicted molar refractivity (Wildman–Crippen MR) is 72.4 cm³/mol. The van der Waals surface area contributed by atoms with Gasteiger partial charge in [-0.25, -0.2) is 4.98 Å². The quantitative estimate of drug-likeness (QED) is 0.869. The van der Waals surface area contributed by atoms with E-state index >= 15 is 0 Å². The Balaban J connectivity index is 2.15. The fraction of sp³-hybridized carbons (Fsp3) is 0.154. The zero-order chi connectivity index (χ0) is 14.5. The molecule has 0 aromatic carbocycles. The maximum Gasteiger partial charge on any atom is 0.272 e. The minimum atomic E-state index is -0.447. The number of H-pyrrole nitrogens is 1. The highest BCUT2D eigenvalue weighted by Crippen LogP contribution is 2.12. The van der Waals surface area contributed by atoms with Crippen molar-refractivity contribution in [1.82, 2.24) is 9.97 Å². The Hall–Kier alpha value is -2.83. The summed E-state index contributed by atoms with van der Waals surface area (Å²) in [6, 6.07) is 4.43. The number of hydrogen-bond donors (Lipinski definition) is 2. The van der Waals surface area contributed by atoms with E-state index in [2.05, 4.69) is 15.3 Å². The molecule has 0 spiro atoms. The average molecular weight is 275 g/mol. The van der Waals surface area contributed by atoms with E-state index in [9.17, 15) is 9.59 Å². The van der Waals surface area contributed by atoms with Gasteiger partial charge >= 0.3 is 0 Å². The Morgan fingerprint density at radius 2 is 2.10 bits per heavy atom. The number of nitrogens with zero attached hydrogens (tertiary/aromatic N) is 1. The number of hydrogen-bond acceptors (Lipinski definition) is 5. The minimum Gasteiger partial charge on any atom is -0.491 e. The van der Waals surface area contributed by atoms with Crippen LogP contribution in [0.4, 0.5) is 5.69 Å². The number of anilines is 1. The minimum absolute atomic E-state index is 0.131. The molecular weight excluding hydrogens is 262 g/mol. The molecule has 0 saturated carbocycles. The highest BCUT2D eigenvalue weighted by Gasteiger charge is 2.09. The number of amides is 1. The van der Waals surface area contributed by atoms with Gasteiger partial charge in [0.25, 0.3) is 5.91 Å². The monoisotopic (exact) mass is 275 g/mol. The van der Waals surface area contributed by atoms with Crippen molar-refractivity contribution in [1.29, 1.82) is 0 Å². The third-order valence-corrected chi connectivity index (χ3v) is 2.54. The second-order valence-corrected chi connectivity index (χ2v) is 3.82. The van der Waals surface area contributed by atoms with Gasteiger partial charge in [0.05, 0.1) is 26.1 Å². The molecule has 0 atom stereocenters. The number of ether oxygens (including phenoxy) is 2. The van der Waals surface area contributed by atoms with Crippen LogP contribution in [0, 0.1) is 0 Å². The molecule has 0 aliphatic rings. The van der Waals surface area contributed by atoms with Crippen LogP contribution in [0.2, 0.25) is 0 Å². The molecule has 0 fully saturated rings. The Labute approximate surface area is 114 Å². The standard InChI is InChI=1S/C13H13N3O4/c1-19-11-7-14-9(5-10(11)17)13(18)16-8-3-4-12(20-2)15-6-8/h3-7H,1-2H3,(H,14,17)(H,16,18). The second kappa shape index (κ2) is 5.87. The molecule has 0 saturated heterocycles. The predicted octanol–water partition coefficient (Wildman–Crippen LogP) is 1.04. The van der Waals surface area contributed by atoms with Gasteiger partial charge in [0.2, 0.25) is 11.3 Å². The van der Waals surface area contributed by atoms with Crippen molar-refractivity contribution in [3.8, 4) is 11.6 Å². The van der Waals surface area contributed by atoms with E-state index in [1.807, 2.05) is 0 Å². The summed E-state index contributed by atoms with van der Waals surface area (Å²) in [6.45, 7) is 0. The first-order valence-corrected chi connectivity index (χ1v) is 5.72. The van der Waals surface area contributed by atoms with E-state index in [4.69, 9.17) is 9.47 Å². The Bertz CT molecular complexity index is 664. The molecular formula is C13H13N3O4. The summed E-state index contributed by atoms with van der Waals surface area (Å²) in [4.78, 5) is 30.1. The number of carbonyl (C=O) groups excluding carboxylic acids is 1. The van der Waals surface area contributed by atoms with E-state index < -0.39 is 5.91 Å². The van der Waals surface area contributed by atoms with Crippen LogP contribution in [0.5, 0.6) is 11.6 Å². The van der Waals surface area contributed by atoms with Crippen molar-refractivity contribution in [2.45, 2.75) is 0 Å². The Morgan fingerprint density at radius 1 is 1.30 bits per heavy atom. The molecule has 0 bridgehead atoms. The van der Waals surface area contributed by atoms with Gasteiger partial charge in [-0.2, -0.15) is 0 Å². The fourth-order valence-electron chi connectivity index (χ4n) is 1.52. The second-order valence-electron chi connectivity index (χ2n) is 3.82. The van der Waals surface area contributed by atoms with Gasteiger partial charge in [0.15, 0.2) is 5.75 Å². The van der Waals surface area contributed by atoms with E-state index in [1.165, 1.54) is 32.7 Å². The lowest BCUT2D eigenvalue weighted by Gasteiger charge is -2.06. The summed E-state index contributed by atoms with van der Waals surface area (Å²) < 4.78 is 9.74. The Morgan fingerprint density at radius 3 is 2.65 bits per heavy atom. The summed E-state index contributed by atoms with van der Waals surface area (Å²) in [6.07, 6.45) is 2.79. The largest absolute Gasteiger partial charge is 0.491 e. The lowest BCUT2D eigenvalue weighted by Crippen LogP contribution is -2.17. The van der Waals surface area contributed by atoms with Crippen molar-refractivity contribution < 1.29 is 14.3 Å². The summed E-state index contributed by atoms with van der Waals surface area (Å²) >= 11 is 0. The van der Waals surface area contributed by atoms with Crippen molar-refractivity contribution in [3.63, 3.8) is 0 Å². The van der Waals surface area contributed by atoms with Crippen LogP contribution in [0.3, 0.4) is 0 Å². The van der Waals surface area contributed by atoms with Gasteiger partial charge in [-0.15, -0.1) is 0 Å². The first-order valence-electron chi connectivity index (χ1n) is 5.72. The molecule has 2 aromatic heterocycles. The number of methoxy groups -OCH3 is 2. The molecule has 0 aliphatic carbocycles. The third kappa shape index (κ3) is 2.94. The highest BCUT2D eigenvalue weighted by atomic mass is 16.5. The maximum atomic E-state index is 11.9. The Kier molecular flexibility index (Phi) is 3.99. The van der Waals surface area contributed by atoms with Gasteiger partial charge in [-0.05, 0) is 6.07 Å². The molecule has 2 aromatic rings. The molecule has 2 rings (SSSR count). The lowest BCUT2D eigenvalue weighted by molar-refractivity contribution is 0.102. The number of rotatable bonds is 4. The number of aromatic amines is 1. The SMILES string of the molecule is COc1ccc(NC(=O)c2cc(=O)c(OC)c[nH]2)cn1. The van der Waals surface area contributed by atoms with Crippen LogP contribution in [0.25, 0.3) is 0 Å². The normalized spacial score (nSPS) is 9.90. The van der Waals surface area contributed by atoms with Crippen LogP contribution >= 0.6 is 0 Å². The van der Waals surface area contributed by atoms with Crippen molar-refractivity contribution in [2.24, 2.45) is 0 Å². The molecule has 7 nitrogen and oxygen atoms in total. The molecule has 0 radical (unpaired) electrons. The third-order valence-electron chi connectivity index (χ3n) is 2.54. The summed E-state index contributed by atoms with van der Waals surface area (Å²) in [5.74, 6) is 0.144. The van der Waals surface area contributed by atoms with Crippen LogP contribution < -0.4 is 20.2 Å². The molecule has 1 amide bonds. The van der Waals surface area contributed by atoms with E-state index in [-0.39, 0.29) is 16.9 Å². The molecule has 0 unspecified atom stereocenters. The van der Waals surface area contributed by atoms with Crippen LogP contribution in [-0.2, 0) is 0 Å². The number of pyridine rings is 2. The molecule has 20 heavy (non-hydrogen) atoms. The molecule has 104 valence electrons. The van der Waals surface area contributed by atoms with Gasteiger partial charge in [0.1, 0.15) is 5.69 Å². The topological polar surface area (TPSA) is 93.3 Å². The highest BCUT2D eigenvalue weighted by molar-refractivity contribution is 6.02. The summed E-state index contributed by atoms with van der Waals surface area (Å²) in [5, 5.41) is 2.61. The summed E-state index contributed by atoms with van der Waals surface area (Å²) in [5.41, 5.74) is 0.253. The van der Waals surface area contributed by atoms with Crippen molar-refractivity contribution in [2.75, 3.05) is 19.5 Å². The van der Waals surface area contributed by atoms with E-state index in [0.717, 1.165) is 0 Å². The first-order chi connectivity index (χ1) is 9.63. The fourth-order valence-corrected chi connectivity index (χ4v) is 1.52. The lowest BCUT2D eigenvalue weighted by atomic mass is 10.3. The average Bonchev–Trinajstić information content (AvgIpc) is 2.48. The first kappa shape index (κ1) is 13.6. The van der Waals surface area contributed by atoms with Gasteiger partial charge in [-0.1, -0.05) is 0 Å². The maximum absolute atomic E-state index is 11.9. The zero-order valence-electron chi connectivity index (χ0n) is 11.0. The van der Waals surface area contributed by atoms with E-state index in [0.29, 0.717) is 11.6 Å². The number of aromatic nitrogens is 2. The van der Waals surface area contributed by atoms with Crippen LogP contribution in [-0.4, -0.2) is 30.1 Å².